The Morgan fingerprint density at radius 1 is 0.905 bits per heavy atom. The van der Waals surface area contributed by atoms with Crippen molar-refractivity contribution in [3.05, 3.63) is 65.7 Å². The first-order chi connectivity index (χ1) is 10.2. The number of rotatable bonds is 4. The zero-order chi connectivity index (χ0) is 14.8. The highest BCUT2D eigenvalue weighted by Gasteiger charge is 2.43. The minimum Gasteiger partial charge on any atom is -0.497 e. The van der Waals surface area contributed by atoms with Gasteiger partial charge >= 0.3 is 0 Å². The molecule has 1 nitrogen and oxygen atoms in total. The third-order valence-corrected chi connectivity index (χ3v) is 5.01. The minimum atomic E-state index is 0.637. The predicted molar refractivity (Wildman–Crippen MR) is 87.9 cm³/mol. The lowest BCUT2D eigenvalue weighted by atomic mass is 9.56. The standard InChI is InChI=1S/C20H24O/c1-14(2)18-13-19(15-7-5-4-6-8-15)20(18)16-9-11-17(21-3)12-10-16/h4-12,14,18-20H,13H2,1-3H3. The second-order valence-electron chi connectivity index (χ2n) is 6.46. The average Bonchev–Trinajstić information content (AvgIpc) is 2.48. The van der Waals surface area contributed by atoms with Crippen molar-refractivity contribution in [2.75, 3.05) is 7.11 Å². The first-order valence-electron chi connectivity index (χ1n) is 7.89. The molecule has 1 aliphatic carbocycles. The van der Waals surface area contributed by atoms with E-state index in [2.05, 4.69) is 68.4 Å². The molecule has 0 amide bonds. The predicted octanol–water partition coefficient (Wildman–Crippen LogP) is 5.24. The van der Waals surface area contributed by atoms with E-state index in [1.807, 2.05) is 0 Å². The van der Waals surface area contributed by atoms with Crippen LogP contribution in [0.1, 0.15) is 43.2 Å². The van der Waals surface area contributed by atoms with Gasteiger partial charge in [0, 0.05) is 0 Å². The lowest BCUT2D eigenvalue weighted by Gasteiger charge is -2.48. The minimum absolute atomic E-state index is 0.637. The van der Waals surface area contributed by atoms with Crippen LogP contribution in [0.25, 0.3) is 0 Å². The fraction of sp³-hybridized carbons (Fsp3) is 0.400. The van der Waals surface area contributed by atoms with Crippen LogP contribution >= 0.6 is 0 Å². The smallest absolute Gasteiger partial charge is 0.118 e. The van der Waals surface area contributed by atoms with Crippen LogP contribution in [0.4, 0.5) is 0 Å². The van der Waals surface area contributed by atoms with Crippen molar-refractivity contribution >= 4 is 0 Å². The van der Waals surface area contributed by atoms with Crippen LogP contribution in [0.3, 0.4) is 0 Å². The Bertz CT molecular complexity index is 571. The summed E-state index contributed by atoms with van der Waals surface area (Å²) < 4.78 is 5.29. The lowest BCUT2D eigenvalue weighted by molar-refractivity contribution is 0.149. The first-order valence-corrected chi connectivity index (χ1v) is 7.89. The van der Waals surface area contributed by atoms with Gasteiger partial charge < -0.3 is 4.74 Å². The highest BCUT2D eigenvalue weighted by molar-refractivity contribution is 5.36. The lowest BCUT2D eigenvalue weighted by Crippen LogP contribution is -2.36. The molecule has 3 rings (SSSR count). The van der Waals surface area contributed by atoms with Crippen LogP contribution in [0.2, 0.25) is 0 Å². The molecule has 1 aliphatic rings. The van der Waals surface area contributed by atoms with Crippen LogP contribution in [-0.2, 0) is 0 Å². The third kappa shape index (κ3) is 2.70. The Hall–Kier alpha value is -1.76. The zero-order valence-electron chi connectivity index (χ0n) is 13.1. The van der Waals surface area contributed by atoms with Gasteiger partial charge in [0.1, 0.15) is 5.75 Å². The van der Waals surface area contributed by atoms with E-state index in [9.17, 15) is 0 Å². The number of hydrogen-bond acceptors (Lipinski definition) is 1. The van der Waals surface area contributed by atoms with Gasteiger partial charge in [-0.25, -0.2) is 0 Å². The molecule has 3 atom stereocenters. The third-order valence-electron chi connectivity index (χ3n) is 5.01. The van der Waals surface area contributed by atoms with Gasteiger partial charge in [0.15, 0.2) is 0 Å². The Morgan fingerprint density at radius 2 is 1.57 bits per heavy atom. The van der Waals surface area contributed by atoms with E-state index in [1.54, 1.807) is 7.11 Å². The first kappa shape index (κ1) is 14.2. The molecular weight excluding hydrogens is 256 g/mol. The van der Waals surface area contributed by atoms with E-state index < -0.39 is 0 Å². The molecule has 110 valence electrons. The molecule has 0 aromatic heterocycles. The summed E-state index contributed by atoms with van der Waals surface area (Å²) in [4.78, 5) is 0. The van der Waals surface area contributed by atoms with Crippen LogP contribution in [-0.4, -0.2) is 7.11 Å². The molecule has 2 aromatic carbocycles. The number of benzene rings is 2. The molecule has 21 heavy (non-hydrogen) atoms. The molecular formula is C20H24O. The summed E-state index contributed by atoms with van der Waals surface area (Å²) in [5.41, 5.74) is 2.94. The highest BCUT2D eigenvalue weighted by atomic mass is 16.5. The molecule has 1 fully saturated rings. The second-order valence-corrected chi connectivity index (χ2v) is 6.46. The highest BCUT2D eigenvalue weighted by Crippen LogP contribution is 2.56. The van der Waals surface area contributed by atoms with Gasteiger partial charge in [-0.2, -0.15) is 0 Å². The fourth-order valence-corrected chi connectivity index (χ4v) is 3.73. The van der Waals surface area contributed by atoms with E-state index in [4.69, 9.17) is 4.74 Å². The van der Waals surface area contributed by atoms with Crippen LogP contribution in [0.5, 0.6) is 5.75 Å². The molecule has 3 unspecified atom stereocenters. The SMILES string of the molecule is COc1ccc(C2C(c3ccccc3)CC2C(C)C)cc1. The molecule has 1 saturated carbocycles. The van der Waals surface area contributed by atoms with Crippen molar-refractivity contribution in [1.29, 1.82) is 0 Å². The maximum Gasteiger partial charge on any atom is 0.118 e. The Morgan fingerprint density at radius 3 is 2.14 bits per heavy atom. The summed E-state index contributed by atoms with van der Waals surface area (Å²) in [5, 5.41) is 0. The molecule has 1 heteroatoms. The monoisotopic (exact) mass is 280 g/mol. The van der Waals surface area contributed by atoms with Crippen LogP contribution in [0, 0.1) is 11.8 Å². The van der Waals surface area contributed by atoms with Gasteiger partial charge in [-0.05, 0) is 53.4 Å². The van der Waals surface area contributed by atoms with Gasteiger partial charge in [-0.3, -0.25) is 0 Å². The second kappa shape index (κ2) is 5.93. The fourth-order valence-electron chi connectivity index (χ4n) is 3.73. The van der Waals surface area contributed by atoms with Gasteiger partial charge in [-0.15, -0.1) is 0 Å². The van der Waals surface area contributed by atoms with E-state index in [0.29, 0.717) is 11.8 Å². The van der Waals surface area contributed by atoms with E-state index in [0.717, 1.165) is 17.6 Å². The topological polar surface area (TPSA) is 9.23 Å². The van der Waals surface area contributed by atoms with E-state index >= 15 is 0 Å². The van der Waals surface area contributed by atoms with E-state index in [-0.39, 0.29) is 0 Å². The van der Waals surface area contributed by atoms with Crippen molar-refractivity contribution in [3.8, 4) is 5.75 Å². The van der Waals surface area contributed by atoms with Crippen molar-refractivity contribution in [2.45, 2.75) is 32.1 Å². The van der Waals surface area contributed by atoms with Crippen LogP contribution in [0.15, 0.2) is 54.6 Å². The number of hydrogen-bond donors (Lipinski definition) is 0. The maximum absolute atomic E-state index is 5.29. The van der Waals surface area contributed by atoms with Crippen LogP contribution < -0.4 is 4.74 Å². The zero-order valence-corrected chi connectivity index (χ0v) is 13.1. The normalized spacial score (nSPS) is 24.7. The summed E-state index contributed by atoms with van der Waals surface area (Å²) in [6.45, 7) is 4.70. The quantitative estimate of drug-likeness (QED) is 0.744. The van der Waals surface area contributed by atoms with Gasteiger partial charge in [0.2, 0.25) is 0 Å². The summed E-state index contributed by atoms with van der Waals surface area (Å²) >= 11 is 0. The Labute approximate surface area is 128 Å². The van der Waals surface area contributed by atoms with E-state index in [1.165, 1.54) is 17.5 Å². The molecule has 0 spiro atoms. The van der Waals surface area contributed by atoms with Gasteiger partial charge in [0.25, 0.3) is 0 Å². The molecule has 0 bridgehead atoms. The Kier molecular flexibility index (Phi) is 4.01. The summed E-state index contributed by atoms with van der Waals surface area (Å²) in [7, 11) is 1.72. The molecule has 0 saturated heterocycles. The van der Waals surface area contributed by atoms with Crippen molar-refractivity contribution in [3.63, 3.8) is 0 Å². The average molecular weight is 280 g/mol. The van der Waals surface area contributed by atoms with Crippen molar-refractivity contribution < 1.29 is 4.74 Å². The largest absolute Gasteiger partial charge is 0.497 e. The molecule has 0 N–H and O–H groups in total. The molecule has 2 aromatic rings. The number of methoxy groups -OCH3 is 1. The summed E-state index contributed by atoms with van der Waals surface area (Å²) in [6.07, 6.45) is 1.30. The van der Waals surface area contributed by atoms with Gasteiger partial charge in [0.05, 0.1) is 7.11 Å². The van der Waals surface area contributed by atoms with Gasteiger partial charge in [-0.1, -0.05) is 56.3 Å². The molecule has 0 radical (unpaired) electrons. The summed E-state index contributed by atoms with van der Waals surface area (Å²) in [6, 6.07) is 19.6. The van der Waals surface area contributed by atoms with Crippen molar-refractivity contribution in [2.24, 2.45) is 11.8 Å². The molecule has 0 aliphatic heterocycles. The number of ether oxygens (including phenoxy) is 1. The van der Waals surface area contributed by atoms with Crippen molar-refractivity contribution in [1.82, 2.24) is 0 Å². The maximum atomic E-state index is 5.29. The Balaban J connectivity index is 1.89. The molecule has 0 heterocycles. The summed E-state index contributed by atoms with van der Waals surface area (Å²) in [5.74, 6) is 3.75.